The summed E-state index contributed by atoms with van der Waals surface area (Å²) in [5.41, 5.74) is 1.41. The number of carboxylic acid groups (broad SMARTS) is 1. The minimum absolute atomic E-state index is 0.249. The van der Waals surface area contributed by atoms with Gasteiger partial charge in [-0.1, -0.05) is 12.1 Å². The molecule has 1 N–H and O–H groups in total. The zero-order chi connectivity index (χ0) is 13.8. The van der Waals surface area contributed by atoms with Crippen LogP contribution in [0.3, 0.4) is 0 Å². The van der Waals surface area contributed by atoms with Gasteiger partial charge in [-0.3, -0.25) is 4.90 Å². The molecule has 1 atom stereocenters. The van der Waals surface area contributed by atoms with E-state index < -0.39 is 5.97 Å². The molecule has 0 aliphatic rings. The molecule has 5 heteroatoms. The van der Waals surface area contributed by atoms with Crippen molar-refractivity contribution in [1.29, 1.82) is 0 Å². The van der Waals surface area contributed by atoms with Gasteiger partial charge in [-0.25, -0.2) is 9.78 Å². The first-order valence-corrected chi connectivity index (χ1v) is 6.87. The molecule has 100 valence electrons. The molecule has 0 bridgehead atoms. The highest BCUT2D eigenvalue weighted by Crippen LogP contribution is 2.22. The lowest BCUT2D eigenvalue weighted by Gasteiger charge is -2.22. The van der Waals surface area contributed by atoms with Gasteiger partial charge < -0.3 is 5.11 Å². The number of benzene rings is 1. The summed E-state index contributed by atoms with van der Waals surface area (Å²) in [4.78, 5) is 17.3. The van der Waals surface area contributed by atoms with Crippen molar-refractivity contribution in [2.24, 2.45) is 0 Å². The van der Waals surface area contributed by atoms with Gasteiger partial charge in [-0.15, -0.1) is 11.3 Å². The Bertz CT molecular complexity index is 537. The number of nitrogens with zero attached hydrogens (tertiary/aromatic N) is 2. The summed E-state index contributed by atoms with van der Waals surface area (Å²) < 4.78 is 0. The van der Waals surface area contributed by atoms with E-state index in [1.165, 1.54) is 0 Å². The molecule has 0 aliphatic heterocycles. The van der Waals surface area contributed by atoms with E-state index in [-0.39, 0.29) is 6.04 Å². The molecule has 0 fully saturated rings. The highest BCUT2D eigenvalue weighted by molar-refractivity contribution is 7.09. The minimum Gasteiger partial charge on any atom is -0.478 e. The van der Waals surface area contributed by atoms with Gasteiger partial charge in [0.25, 0.3) is 0 Å². The van der Waals surface area contributed by atoms with Crippen LogP contribution in [-0.4, -0.2) is 28.0 Å². The third-order valence-corrected chi connectivity index (χ3v) is 4.05. The van der Waals surface area contributed by atoms with E-state index in [1.54, 1.807) is 23.5 Å². The van der Waals surface area contributed by atoms with Gasteiger partial charge in [0.05, 0.1) is 11.6 Å². The van der Waals surface area contributed by atoms with Crippen LogP contribution in [0, 0.1) is 0 Å². The Balaban J connectivity index is 2.02. The van der Waals surface area contributed by atoms with E-state index in [2.05, 4.69) is 16.8 Å². The molecule has 4 nitrogen and oxygen atoms in total. The minimum atomic E-state index is -0.893. The molecule has 1 aromatic heterocycles. The number of carboxylic acids is 1. The second-order valence-electron chi connectivity index (χ2n) is 4.46. The molecular formula is C14H16N2O2S. The van der Waals surface area contributed by atoms with Crippen molar-refractivity contribution in [3.05, 3.63) is 52.0 Å². The number of carbonyl (C=O) groups is 1. The summed E-state index contributed by atoms with van der Waals surface area (Å²) in [6.07, 6.45) is 1.81. The molecule has 1 unspecified atom stereocenters. The normalized spacial score (nSPS) is 12.6. The highest BCUT2D eigenvalue weighted by atomic mass is 32.1. The Labute approximate surface area is 116 Å². The van der Waals surface area contributed by atoms with E-state index in [0.717, 1.165) is 17.1 Å². The Morgan fingerprint density at radius 3 is 2.63 bits per heavy atom. The molecule has 19 heavy (non-hydrogen) atoms. The van der Waals surface area contributed by atoms with Gasteiger partial charge in [0.2, 0.25) is 0 Å². The molecule has 0 amide bonds. The highest BCUT2D eigenvalue weighted by Gasteiger charge is 2.14. The van der Waals surface area contributed by atoms with Crippen LogP contribution >= 0.6 is 11.3 Å². The van der Waals surface area contributed by atoms with E-state index in [4.69, 9.17) is 5.11 Å². The van der Waals surface area contributed by atoms with Crippen molar-refractivity contribution in [2.75, 3.05) is 7.05 Å². The largest absolute Gasteiger partial charge is 0.478 e. The molecule has 0 aliphatic carbocycles. The third-order valence-electron chi connectivity index (χ3n) is 3.10. The summed E-state index contributed by atoms with van der Waals surface area (Å²) >= 11 is 1.65. The maximum atomic E-state index is 10.8. The lowest BCUT2D eigenvalue weighted by molar-refractivity contribution is 0.0697. The topological polar surface area (TPSA) is 53.4 Å². The zero-order valence-corrected chi connectivity index (χ0v) is 11.7. The Morgan fingerprint density at radius 2 is 2.11 bits per heavy atom. The number of aromatic carboxylic acids is 1. The van der Waals surface area contributed by atoms with Crippen LogP contribution in [0.2, 0.25) is 0 Å². The Hall–Kier alpha value is -1.72. The molecule has 2 rings (SSSR count). The molecular weight excluding hydrogens is 260 g/mol. The summed E-state index contributed by atoms with van der Waals surface area (Å²) in [6, 6.07) is 7.24. The molecule has 1 aromatic carbocycles. The number of aromatic nitrogens is 1. The quantitative estimate of drug-likeness (QED) is 0.912. The predicted molar refractivity (Wildman–Crippen MR) is 75.4 cm³/mol. The number of hydrogen-bond acceptors (Lipinski definition) is 4. The zero-order valence-electron chi connectivity index (χ0n) is 10.9. The van der Waals surface area contributed by atoms with Gasteiger partial charge in [0.15, 0.2) is 0 Å². The van der Waals surface area contributed by atoms with Crippen LogP contribution in [0.4, 0.5) is 0 Å². The van der Waals surface area contributed by atoms with Crippen molar-refractivity contribution in [3.63, 3.8) is 0 Å². The number of thiazole rings is 1. The summed E-state index contributed by atoms with van der Waals surface area (Å²) in [7, 11) is 2.04. The third kappa shape index (κ3) is 3.39. The van der Waals surface area contributed by atoms with Crippen molar-refractivity contribution in [2.45, 2.75) is 19.5 Å². The standard InChI is InChI=1S/C14H16N2O2S/c1-10(13-15-7-8-19-13)16(2)9-11-3-5-12(6-4-11)14(17)18/h3-8,10H,9H2,1-2H3,(H,17,18). The smallest absolute Gasteiger partial charge is 0.335 e. The second-order valence-corrected chi connectivity index (χ2v) is 5.39. The fourth-order valence-electron chi connectivity index (χ4n) is 1.81. The van der Waals surface area contributed by atoms with Crippen LogP contribution in [0.1, 0.15) is 33.9 Å². The second kappa shape index (κ2) is 5.95. The molecule has 1 heterocycles. The first kappa shape index (κ1) is 13.7. The van der Waals surface area contributed by atoms with Crippen LogP contribution in [0.25, 0.3) is 0 Å². The van der Waals surface area contributed by atoms with Gasteiger partial charge in [-0.2, -0.15) is 0 Å². The summed E-state index contributed by atoms with van der Waals surface area (Å²) in [5, 5.41) is 11.9. The fraction of sp³-hybridized carbons (Fsp3) is 0.286. The Kier molecular flexibility index (Phi) is 4.29. The van der Waals surface area contributed by atoms with Gasteiger partial charge >= 0.3 is 5.97 Å². The Morgan fingerprint density at radius 1 is 1.42 bits per heavy atom. The fourth-order valence-corrected chi connectivity index (χ4v) is 2.57. The van der Waals surface area contributed by atoms with Crippen molar-refractivity contribution < 1.29 is 9.90 Å². The average molecular weight is 276 g/mol. The monoisotopic (exact) mass is 276 g/mol. The lowest BCUT2D eigenvalue weighted by atomic mass is 10.1. The van der Waals surface area contributed by atoms with E-state index in [0.29, 0.717) is 5.56 Å². The summed E-state index contributed by atoms with van der Waals surface area (Å²) in [5.74, 6) is -0.893. The SMILES string of the molecule is CC(c1nccs1)N(C)Cc1ccc(C(=O)O)cc1. The molecule has 0 radical (unpaired) electrons. The van der Waals surface area contributed by atoms with Crippen molar-refractivity contribution >= 4 is 17.3 Å². The first-order chi connectivity index (χ1) is 9.08. The predicted octanol–water partition coefficient (Wildman–Crippen LogP) is 3.03. The van der Waals surface area contributed by atoms with Crippen molar-refractivity contribution in [3.8, 4) is 0 Å². The maximum Gasteiger partial charge on any atom is 0.335 e. The van der Waals surface area contributed by atoms with E-state index in [1.807, 2.05) is 30.8 Å². The van der Waals surface area contributed by atoms with Gasteiger partial charge in [0, 0.05) is 18.1 Å². The van der Waals surface area contributed by atoms with Crippen LogP contribution in [-0.2, 0) is 6.54 Å². The molecule has 0 saturated heterocycles. The van der Waals surface area contributed by atoms with Crippen LogP contribution in [0.5, 0.6) is 0 Å². The van der Waals surface area contributed by atoms with Crippen LogP contribution < -0.4 is 0 Å². The van der Waals surface area contributed by atoms with Gasteiger partial charge in [-0.05, 0) is 31.7 Å². The van der Waals surface area contributed by atoms with Crippen molar-refractivity contribution in [1.82, 2.24) is 9.88 Å². The number of hydrogen-bond donors (Lipinski definition) is 1. The van der Waals surface area contributed by atoms with E-state index >= 15 is 0 Å². The lowest BCUT2D eigenvalue weighted by Crippen LogP contribution is -2.21. The summed E-state index contributed by atoms with van der Waals surface area (Å²) in [6.45, 7) is 2.88. The van der Waals surface area contributed by atoms with Gasteiger partial charge in [0.1, 0.15) is 5.01 Å². The number of rotatable bonds is 5. The average Bonchev–Trinajstić information content (AvgIpc) is 2.92. The molecule has 0 saturated carbocycles. The molecule has 0 spiro atoms. The van der Waals surface area contributed by atoms with Crippen LogP contribution in [0.15, 0.2) is 35.8 Å². The molecule has 2 aromatic rings. The van der Waals surface area contributed by atoms with E-state index in [9.17, 15) is 4.79 Å². The first-order valence-electron chi connectivity index (χ1n) is 6.00. The maximum absolute atomic E-state index is 10.8.